The molecule has 1 amide bonds. The average molecular weight is 375 g/mol. The SMILES string of the molecule is Cc1cccc(-c2nccc([C@@H]3CCCN(C(=O)c4ccc(F)cc4)C3)n2)c1. The predicted octanol–water partition coefficient (Wildman–Crippen LogP) is 4.61. The van der Waals surface area contributed by atoms with Crippen molar-refractivity contribution in [3.05, 3.63) is 83.4 Å². The van der Waals surface area contributed by atoms with E-state index < -0.39 is 0 Å². The molecule has 1 aliphatic heterocycles. The van der Waals surface area contributed by atoms with Crippen molar-refractivity contribution in [2.75, 3.05) is 13.1 Å². The van der Waals surface area contributed by atoms with Gasteiger partial charge in [0.25, 0.3) is 5.91 Å². The molecule has 0 radical (unpaired) electrons. The van der Waals surface area contributed by atoms with Gasteiger partial charge in [-0.15, -0.1) is 0 Å². The highest BCUT2D eigenvalue weighted by Crippen LogP contribution is 2.28. The van der Waals surface area contributed by atoms with Gasteiger partial charge < -0.3 is 4.90 Å². The fraction of sp³-hybridized carbons (Fsp3) is 0.261. The summed E-state index contributed by atoms with van der Waals surface area (Å²) in [6, 6.07) is 15.8. The first-order valence-electron chi connectivity index (χ1n) is 9.55. The molecule has 1 aromatic heterocycles. The summed E-state index contributed by atoms with van der Waals surface area (Å²) in [5, 5.41) is 0. The highest BCUT2D eigenvalue weighted by molar-refractivity contribution is 5.94. The summed E-state index contributed by atoms with van der Waals surface area (Å²) in [5.74, 6) is 0.489. The van der Waals surface area contributed by atoms with E-state index >= 15 is 0 Å². The van der Waals surface area contributed by atoms with Gasteiger partial charge in [-0.3, -0.25) is 4.79 Å². The summed E-state index contributed by atoms with van der Waals surface area (Å²) in [4.78, 5) is 23.8. The Balaban J connectivity index is 1.54. The number of piperidine rings is 1. The Morgan fingerprint density at radius 2 is 1.96 bits per heavy atom. The van der Waals surface area contributed by atoms with Crippen LogP contribution < -0.4 is 0 Å². The van der Waals surface area contributed by atoms with E-state index in [1.807, 2.05) is 36.1 Å². The Morgan fingerprint density at radius 1 is 1.14 bits per heavy atom. The van der Waals surface area contributed by atoms with E-state index in [4.69, 9.17) is 4.98 Å². The van der Waals surface area contributed by atoms with Crippen LogP contribution in [-0.2, 0) is 0 Å². The molecule has 0 spiro atoms. The molecule has 0 aliphatic carbocycles. The zero-order valence-corrected chi connectivity index (χ0v) is 15.8. The number of halogens is 1. The van der Waals surface area contributed by atoms with E-state index in [0.29, 0.717) is 24.5 Å². The number of hydrogen-bond donors (Lipinski definition) is 0. The van der Waals surface area contributed by atoms with Crippen LogP contribution in [0.3, 0.4) is 0 Å². The van der Waals surface area contributed by atoms with E-state index in [1.54, 1.807) is 18.3 Å². The number of carbonyl (C=O) groups excluding carboxylic acids is 1. The number of aryl methyl sites for hydroxylation is 1. The number of rotatable bonds is 3. The predicted molar refractivity (Wildman–Crippen MR) is 106 cm³/mol. The van der Waals surface area contributed by atoms with Crippen molar-refractivity contribution in [2.45, 2.75) is 25.7 Å². The molecule has 5 heteroatoms. The highest BCUT2D eigenvalue weighted by atomic mass is 19.1. The zero-order chi connectivity index (χ0) is 19.5. The van der Waals surface area contributed by atoms with Crippen molar-refractivity contribution in [1.82, 2.24) is 14.9 Å². The van der Waals surface area contributed by atoms with Crippen LogP contribution in [0.15, 0.2) is 60.8 Å². The van der Waals surface area contributed by atoms with Crippen LogP contribution in [0.25, 0.3) is 11.4 Å². The number of aromatic nitrogens is 2. The standard InChI is InChI=1S/C23H22FN3O/c1-16-4-2-5-18(14-16)22-25-12-11-21(26-22)19-6-3-13-27(15-19)23(28)17-7-9-20(24)10-8-17/h2,4-5,7-12,14,19H,3,6,13,15H2,1H3/t19-/m1/s1. The third-order valence-corrected chi connectivity index (χ3v) is 5.17. The summed E-state index contributed by atoms with van der Waals surface area (Å²) >= 11 is 0. The van der Waals surface area contributed by atoms with Crippen LogP contribution in [0.1, 0.15) is 40.4 Å². The molecule has 1 atom stereocenters. The van der Waals surface area contributed by atoms with Gasteiger partial charge in [0, 0.05) is 42.0 Å². The molecule has 1 saturated heterocycles. The fourth-order valence-electron chi connectivity index (χ4n) is 3.70. The summed E-state index contributed by atoms with van der Waals surface area (Å²) in [6.07, 6.45) is 3.69. The maximum Gasteiger partial charge on any atom is 0.253 e. The normalized spacial score (nSPS) is 16.8. The molecule has 0 saturated carbocycles. The third-order valence-electron chi connectivity index (χ3n) is 5.17. The molecule has 3 aromatic rings. The molecule has 2 heterocycles. The molecule has 0 N–H and O–H groups in total. The molecule has 1 aliphatic rings. The van der Waals surface area contributed by atoms with Crippen LogP contribution in [0.2, 0.25) is 0 Å². The topological polar surface area (TPSA) is 46.1 Å². The Bertz CT molecular complexity index is 987. The van der Waals surface area contributed by atoms with Gasteiger partial charge in [-0.05, 0) is 56.2 Å². The Hall–Kier alpha value is -3.08. The van der Waals surface area contributed by atoms with Crippen molar-refractivity contribution in [2.24, 2.45) is 0 Å². The number of nitrogens with zero attached hydrogens (tertiary/aromatic N) is 3. The molecule has 4 rings (SSSR count). The maximum atomic E-state index is 13.1. The molecule has 4 nitrogen and oxygen atoms in total. The van der Waals surface area contributed by atoms with E-state index in [-0.39, 0.29) is 17.6 Å². The molecular weight excluding hydrogens is 353 g/mol. The Kier molecular flexibility index (Phi) is 5.15. The number of likely N-dealkylation sites (tertiary alicyclic amines) is 1. The van der Waals surface area contributed by atoms with Crippen LogP contribution in [0, 0.1) is 12.7 Å². The van der Waals surface area contributed by atoms with Crippen molar-refractivity contribution in [3.63, 3.8) is 0 Å². The molecule has 0 bridgehead atoms. The molecular formula is C23H22FN3O. The molecule has 142 valence electrons. The van der Waals surface area contributed by atoms with E-state index in [9.17, 15) is 9.18 Å². The van der Waals surface area contributed by atoms with Gasteiger partial charge in [0.1, 0.15) is 5.82 Å². The summed E-state index contributed by atoms with van der Waals surface area (Å²) in [6.45, 7) is 3.37. The lowest BCUT2D eigenvalue weighted by Gasteiger charge is -2.32. The quantitative estimate of drug-likeness (QED) is 0.671. The van der Waals surface area contributed by atoms with Gasteiger partial charge in [0.05, 0.1) is 0 Å². The van der Waals surface area contributed by atoms with Crippen molar-refractivity contribution in [1.29, 1.82) is 0 Å². The van der Waals surface area contributed by atoms with Gasteiger partial charge in [-0.2, -0.15) is 0 Å². The minimum Gasteiger partial charge on any atom is -0.338 e. The highest BCUT2D eigenvalue weighted by Gasteiger charge is 2.26. The summed E-state index contributed by atoms with van der Waals surface area (Å²) < 4.78 is 13.1. The van der Waals surface area contributed by atoms with Gasteiger partial charge in [0.15, 0.2) is 5.82 Å². The van der Waals surface area contributed by atoms with E-state index in [0.717, 1.165) is 24.1 Å². The van der Waals surface area contributed by atoms with E-state index in [2.05, 4.69) is 11.1 Å². The first kappa shape index (κ1) is 18.3. The van der Waals surface area contributed by atoms with Gasteiger partial charge in [-0.1, -0.05) is 23.8 Å². The first-order valence-corrected chi connectivity index (χ1v) is 9.55. The minimum absolute atomic E-state index is 0.0577. The largest absolute Gasteiger partial charge is 0.338 e. The third kappa shape index (κ3) is 3.93. The monoisotopic (exact) mass is 375 g/mol. The Labute approximate surface area is 164 Å². The van der Waals surface area contributed by atoms with Crippen molar-refractivity contribution < 1.29 is 9.18 Å². The van der Waals surface area contributed by atoms with Crippen LogP contribution >= 0.6 is 0 Å². The minimum atomic E-state index is -0.335. The second-order valence-electron chi connectivity index (χ2n) is 7.27. The molecule has 0 unspecified atom stereocenters. The fourth-order valence-corrected chi connectivity index (χ4v) is 3.70. The lowest BCUT2D eigenvalue weighted by molar-refractivity contribution is 0.0706. The van der Waals surface area contributed by atoms with Crippen LogP contribution in [0.5, 0.6) is 0 Å². The number of carbonyl (C=O) groups is 1. The number of amides is 1. The van der Waals surface area contributed by atoms with Crippen molar-refractivity contribution in [3.8, 4) is 11.4 Å². The van der Waals surface area contributed by atoms with Crippen molar-refractivity contribution >= 4 is 5.91 Å². The summed E-state index contributed by atoms with van der Waals surface area (Å²) in [5.41, 5.74) is 3.64. The van der Waals surface area contributed by atoms with Crippen LogP contribution in [0.4, 0.5) is 4.39 Å². The Morgan fingerprint density at radius 3 is 2.75 bits per heavy atom. The van der Waals surface area contributed by atoms with E-state index in [1.165, 1.54) is 17.7 Å². The zero-order valence-electron chi connectivity index (χ0n) is 15.8. The lowest BCUT2D eigenvalue weighted by atomic mass is 9.94. The lowest BCUT2D eigenvalue weighted by Crippen LogP contribution is -2.39. The second-order valence-corrected chi connectivity index (χ2v) is 7.27. The number of hydrogen-bond acceptors (Lipinski definition) is 3. The average Bonchev–Trinajstić information content (AvgIpc) is 2.74. The molecule has 28 heavy (non-hydrogen) atoms. The smallest absolute Gasteiger partial charge is 0.253 e. The second kappa shape index (κ2) is 7.89. The van der Waals surface area contributed by atoms with Crippen LogP contribution in [-0.4, -0.2) is 33.9 Å². The first-order chi connectivity index (χ1) is 13.6. The molecule has 1 fully saturated rings. The maximum absolute atomic E-state index is 13.1. The summed E-state index contributed by atoms with van der Waals surface area (Å²) in [7, 11) is 0. The van der Waals surface area contributed by atoms with Gasteiger partial charge in [-0.25, -0.2) is 14.4 Å². The number of benzene rings is 2. The van der Waals surface area contributed by atoms with Gasteiger partial charge in [0.2, 0.25) is 0 Å². The molecule has 2 aromatic carbocycles. The van der Waals surface area contributed by atoms with Gasteiger partial charge >= 0.3 is 0 Å².